The van der Waals surface area contributed by atoms with Crippen LogP contribution in [-0.4, -0.2) is 25.3 Å². The van der Waals surface area contributed by atoms with E-state index in [4.69, 9.17) is 10.00 Å². The number of hydrogen-bond donors (Lipinski definition) is 1. The van der Waals surface area contributed by atoms with Crippen LogP contribution in [0, 0.1) is 17.2 Å². The van der Waals surface area contributed by atoms with Gasteiger partial charge in [0.25, 0.3) is 0 Å². The second-order valence-corrected chi connectivity index (χ2v) is 3.67. The molecule has 0 amide bonds. The van der Waals surface area contributed by atoms with Crippen LogP contribution in [0.5, 0.6) is 0 Å². The molecule has 3 unspecified atom stereocenters. The molecule has 74 valence electrons. The fourth-order valence-electron chi connectivity index (χ4n) is 1.65. The maximum atomic E-state index is 8.77. The Morgan fingerprint density at radius 2 is 2.46 bits per heavy atom. The summed E-state index contributed by atoms with van der Waals surface area (Å²) in [4.78, 5) is 0. The van der Waals surface area contributed by atoms with Crippen LogP contribution >= 0.6 is 0 Å². The van der Waals surface area contributed by atoms with Crippen LogP contribution in [0.4, 0.5) is 0 Å². The van der Waals surface area contributed by atoms with E-state index in [9.17, 15) is 0 Å². The molecule has 13 heavy (non-hydrogen) atoms. The number of ether oxygens (including phenoxy) is 1. The third-order valence-electron chi connectivity index (χ3n) is 2.70. The van der Waals surface area contributed by atoms with Gasteiger partial charge in [0.05, 0.1) is 18.7 Å². The summed E-state index contributed by atoms with van der Waals surface area (Å²) in [6.07, 6.45) is 1.99. The van der Waals surface area contributed by atoms with Crippen molar-refractivity contribution in [3.63, 3.8) is 0 Å². The topological polar surface area (TPSA) is 45.0 Å². The highest BCUT2D eigenvalue weighted by Gasteiger charge is 2.23. The van der Waals surface area contributed by atoms with Crippen LogP contribution < -0.4 is 5.32 Å². The lowest BCUT2D eigenvalue weighted by Gasteiger charge is -2.21. The zero-order chi connectivity index (χ0) is 9.68. The van der Waals surface area contributed by atoms with Crippen LogP contribution in [-0.2, 0) is 4.74 Å². The smallest absolute Gasteiger partial charge is 0.0952 e. The van der Waals surface area contributed by atoms with Crippen molar-refractivity contribution in [3.05, 3.63) is 0 Å². The molecule has 0 aromatic carbocycles. The minimum atomic E-state index is -0.00407. The lowest BCUT2D eigenvalue weighted by molar-refractivity contribution is 0.177. The Hall–Kier alpha value is -0.590. The van der Waals surface area contributed by atoms with Gasteiger partial charge in [-0.1, -0.05) is 6.92 Å². The molecule has 0 aliphatic carbocycles. The van der Waals surface area contributed by atoms with Crippen molar-refractivity contribution in [3.8, 4) is 6.07 Å². The van der Waals surface area contributed by atoms with Crippen LogP contribution in [0.3, 0.4) is 0 Å². The highest BCUT2D eigenvalue weighted by atomic mass is 16.5. The van der Waals surface area contributed by atoms with Crippen molar-refractivity contribution in [2.45, 2.75) is 38.8 Å². The molecule has 0 bridgehead atoms. The molecule has 1 aliphatic rings. The minimum absolute atomic E-state index is 0.00407. The first-order valence-corrected chi connectivity index (χ1v) is 5.01. The van der Waals surface area contributed by atoms with Gasteiger partial charge in [0.1, 0.15) is 0 Å². The third-order valence-corrected chi connectivity index (χ3v) is 2.70. The SMILES string of the molecule is CCC(C#N)NC(C)C1CCOC1. The molecule has 3 atom stereocenters. The molecular weight excluding hydrogens is 164 g/mol. The summed E-state index contributed by atoms with van der Waals surface area (Å²) in [5, 5.41) is 12.1. The summed E-state index contributed by atoms with van der Waals surface area (Å²) >= 11 is 0. The molecule has 1 rings (SSSR count). The van der Waals surface area contributed by atoms with E-state index < -0.39 is 0 Å². The fourth-order valence-corrected chi connectivity index (χ4v) is 1.65. The largest absolute Gasteiger partial charge is 0.381 e. The third kappa shape index (κ3) is 2.98. The lowest BCUT2D eigenvalue weighted by Crippen LogP contribution is -2.40. The number of hydrogen-bond acceptors (Lipinski definition) is 3. The van der Waals surface area contributed by atoms with Gasteiger partial charge in [-0.25, -0.2) is 0 Å². The molecule has 1 aliphatic heterocycles. The summed E-state index contributed by atoms with van der Waals surface area (Å²) in [6.45, 7) is 5.88. The summed E-state index contributed by atoms with van der Waals surface area (Å²) in [7, 11) is 0. The monoisotopic (exact) mass is 182 g/mol. The Morgan fingerprint density at radius 1 is 1.69 bits per heavy atom. The number of nitriles is 1. The number of rotatable bonds is 4. The van der Waals surface area contributed by atoms with E-state index in [2.05, 4.69) is 18.3 Å². The predicted molar refractivity (Wildman–Crippen MR) is 51.2 cm³/mol. The fraction of sp³-hybridized carbons (Fsp3) is 0.900. The molecule has 0 saturated carbocycles. The maximum absolute atomic E-state index is 8.77. The van der Waals surface area contributed by atoms with Gasteiger partial charge in [0.15, 0.2) is 0 Å². The van der Waals surface area contributed by atoms with Crippen LogP contribution in [0.1, 0.15) is 26.7 Å². The summed E-state index contributed by atoms with van der Waals surface area (Å²) in [5.41, 5.74) is 0. The second-order valence-electron chi connectivity index (χ2n) is 3.67. The van der Waals surface area contributed by atoms with Crippen LogP contribution in [0.2, 0.25) is 0 Å². The first-order valence-electron chi connectivity index (χ1n) is 5.01. The van der Waals surface area contributed by atoms with Gasteiger partial charge in [0, 0.05) is 12.6 Å². The number of nitrogens with one attached hydrogen (secondary N) is 1. The molecule has 1 N–H and O–H groups in total. The van der Waals surface area contributed by atoms with Crippen molar-refractivity contribution in [1.29, 1.82) is 5.26 Å². The molecule has 0 radical (unpaired) electrons. The highest BCUT2D eigenvalue weighted by molar-refractivity contribution is 4.91. The van der Waals surface area contributed by atoms with Gasteiger partial charge in [0.2, 0.25) is 0 Å². The van der Waals surface area contributed by atoms with Gasteiger partial charge >= 0.3 is 0 Å². The maximum Gasteiger partial charge on any atom is 0.0952 e. The van der Waals surface area contributed by atoms with Crippen molar-refractivity contribution in [2.75, 3.05) is 13.2 Å². The molecule has 1 saturated heterocycles. The van der Waals surface area contributed by atoms with Crippen molar-refractivity contribution >= 4 is 0 Å². The minimum Gasteiger partial charge on any atom is -0.381 e. The summed E-state index contributed by atoms with van der Waals surface area (Å²) in [5.74, 6) is 0.586. The normalized spacial score (nSPS) is 26.7. The zero-order valence-corrected chi connectivity index (χ0v) is 8.42. The quantitative estimate of drug-likeness (QED) is 0.713. The second kappa shape index (κ2) is 5.21. The van der Waals surface area contributed by atoms with Gasteiger partial charge in [-0.15, -0.1) is 0 Å². The molecule has 1 heterocycles. The van der Waals surface area contributed by atoms with Crippen molar-refractivity contribution in [1.82, 2.24) is 5.32 Å². The van der Waals surface area contributed by atoms with E-state index in [1.165, 1.54) is 0 Å². The average Bonchev–Trinajstić information content (AvgIpc) is 2.66. The molecule has 3 nitrogen and oxygen atoms in total. The lowest BCUT2D eigenvalue weighted by atomic mass is 10.00. The zero-order valence-electron chi connectivity index (χ0n) is 8.42. The van der Waals surface area contributed by atoms with Crippen LogP contribution in [0.15, 0.2) is 0 Å². The molecule has 0 aromatic heterocycles. The molecule has 0 spiro atoms. The highest BCUT2D eigenvalue weighted by Crippen LogP contribution is 2.16. The average molecular weight is 182 g/mol. The summed E-state index contributed by atoms with van der Waals surface area (Å²) in [6, 6.07) is 2.65. The number of nitrogens with zero attached hydrogens (tertiary/aromatic N) is 1. The van der Waals surface area contributed by atoms with E-state index in [0.29, 0.717) is 12.0 Å². The van der Waals surface area contributed by atoms with Gasteiger partial charge < -0.3 is 4.74 Å². The summed E-state index contributed by atoms with van der Waals surface area (Å²) < 4.78 is 5.30. The molecule has 3 heteroatoms. The standard InChI is InChI=1S/C10H18N2O/c1-3-10(6-11)12-8(2)9-4-5-13-7-9/h8-10,12H,3-5,7H2,1-2H3. The first-order chi connectivity index (χ1) is 6.27. The van der Waals surface area contributed by atoms with E-state index in [1.807, 2.05) is 6.92 Å². The molecule has 1 fully saturated rings. The molecule has 0 aromatic rings. The van der Waals surface area contributed by atoms with Crippen molar-refractivity contribution in [2.24, 2.45) is 5.92 Å². The Labute approximate surface area is 80.1 Å². The van der Waals surface area contributed by atoms with Gasteiger partial charge in [-0.2, -0.15) is 5.26 Å². The van der Waals surface area contributed by atoms with E-state index in [1.54, 1.807) is 0 Å². The van der Waals surface area contributed by atoms with E-state index in [0.717, 1.165) is 26.1 Å². The Morgan fingerprint density at radius 3 is 2.92 bits per heavy atom. The van der Waals surface area contributed by atoms with Crippen LogP contribution in [0.25, 0.3) is 0 Å². The Kier molecular flexibility index (Phi) is 4.20. The van der Waals surface area contributed by atoms with E-state index >= 15 is 0 Å². The van der Waals surface area contributed by atoms with Gasteiger partial charge in [-0.05, 0) is 25.7 Å². The molecular formula is C10H18N2O. The first kappa shape index (κ1) is 10.5. The van der Waals surface area contributed by atoms with Gasteiger partial charge in [-0.3, -0.25) is 5.32 Å². The Bertz CT molecular complexity index is 182. The Balaban J connectivity index is 2.30. The van der Waals surface area contributed by atoms with E-state index in [-0.39, 0.29) is 6.04 Å². The van der Waals surface area contributed by atoms with Crippen molar-refractivity contribution < 1.29 is 4.74 Å². The predicted octanol–water partition coefficient (Wildman–Crippen LogP) is 1.30.